The van der Waals surface area contributed by atoms with Gasteiger partial charge in [-0.2, -0.15) is 0 Å². The highest BCUT2D eigenvalue weighted by molar-refractivity contribution is 5.88. The van der Waals surface area contributed by atoms with Crippen molar-refractivity contribution >= 4 is 22.6 Å². The minimum atomic E-state index is -1.97. The van der Waals surface area contributed by atoms with Crippen LogP contribution in [0.15, 0.2) is 42.5 Å². The van der Waals surface area contributed by atoms with E-state index in [1.807, 2.05) is 42.5 Å². The van der Waals surface area contributed by atoms with E-state index in [0.717, 1.165) is 23.3 Å². The summed E-state index contributed by atoms with van der Waals surface area (Å²) in [5.41, 5.74) is -1.13. The Morgan fingerprint density at radius 3 is 2.45 bits per heavy atom. The lowest BCUT2D eigenvalue weighted by molar-refractivity contribution is -0.156. The molecule has 0 aromatic heterocycles. The number of aliphatic hydroxyl groups is 1. The van der Waals surface area contributed by atoms with Gasteiger partial charge in [-0.25, -0.2) is 4.79 Å². The second-order valence-electron chi connectivity index (χ2n) is 5.63. The summed E-state index contributed by atoms with van der Waals surface area (Å²) in [4.78, 5) is 23.0. The number of amides is 1. The molecule has 5 heteroatoms. The van der Waals surface area contributed by atoms with Crippen molar-refractivity contribution in [2.75, 3.05) is 6.54 Å². The van der Waals surface area contributed by atoms with Gasteiger partial charge in [0, 0.05) is 0 Å². The summed E-state index contributed by atoms with van der Waals surface area (Å²) >= 11 is 0. The third kappa shape index (κ3) is 3.43. The summed E-state index contributed by atoms with van der Waals surface area (Å²) in [6.45, 7) is 2.56. The van der Waals surface area contributed by atoms with E-state index in [4.69, 9.17) is 5.11 Å². The second kappa shape index (κ2) is 6.15. The van der Waals surface area contributed by atoms with Crippen LogP contribution in [-0.4, -0.2) is 34.2 Å². The van der Waals surface area contributed by atoms with Crippen LogP contribution in [0.4, 0.5) is 0 Å². The first-order chi connectivity index (χ1) is 10.3. The largest absolute Gasteiger partial charge is 0.479 e. The average molecular weight is 301 g/mol. The van der Waals surface area contributed by atoms with Crippen molar-refractivity contribution in [2.24, 2.45) is 0 Å². The molecular formula is C17H19NO4. The van der Waals surface area contributed by atoms with Crippen LogP contribution < -0.4 is 5.32 Å². The third-order valence-electron chi connectivity index (χ3n) is 3.73. The molecule has 2 rings (SSSR count). The molecule has 0 aliphatic carbocycles. The molecule has 0 saturated heterocycles. The maximum atomic E-state index is 12.1. The predicted octanol–water partition coefficient (Wildman–Crippen LogP) is 1.90. The summed E-state index contributed by atoms with van der Waals surface area (Å²) in [6.07, 6.45) is 0. The number of fused-ring (bicyclic) bond motifs is 1. The van der Waals surface area contributed by atoms with Gasteiger partial charge in [-0.1, -0.05) is 42.5 Å². The first-order valence-corrected chi connectivity index (χ1v) is 7.03. The van der Waals surface area contributed by atoms with Gasteiger partial charge in [0.15, 0.2) is 5.60 Å². The minimum Gasteiger partial charge on any atom is -0.479 e. The second-order valence-corrected chi connectivity index (χ2v) is 5.63. The predicted molar refractivity (Wildman–Crippen MR) is 83.6 cm³/mol. The number of benzene rings is 2. The van der Waals surface area contributed by atoms with E-state index >= 15 is 0 Å². The van der Waals surface area contributed by atoms with Crippen molar-refractivity contribution in [3.05, 3.63) is 48.0 Å². The van der Waals surface area contributed by atoms with Gasteiger partial charge in [0.2, 0.25) is 5.91 Å². The highest BCUT2D eigenvalue weighted by atomic mass is 16.4. The van der Waals surface area contributed by atoms with Gasteiger partial charge in [0.1, 0.15) is 0 Å². The molecule has 2 aromatic rings. The maximum Gasteiger partial charge on any atom is 0.337 e. The van der Waals surface area contributed by atoms with E-state index in [1.54, 1.807) is 6.92 Å². The molecule has 2 aromatic carbocycles. The van der Waals surface area contributed by atoms with Crippen molar-refractivity contribution < 1.29 is 19.8 Å². The fraction of sp³-hybridized carbons (Fsp3) is 0.294. The highest BCUT2D eigenvalue weighted by Crippen LogP contribution is 2.21. The molecule has 22 heavy (non-hydrogen) atoms. The molecule has 0 spiro atoms. The number of hydrogen-bond acceptors (Lipinski definition) is 3. The third-order valence-corrected chi connectivity index (χ3v) is 3.73. The summed E-state index contributed by atoms with van der Waals surface area (Å²) in [6, 6.07) is 13.6. The first kappa shape index (κ1) is 16.0. The number of carboxylic acids is 1. The number of nitrogens with one attached hydrogen (secondary N) is 1. The van der Waals surface area contributed by atoms with Crippen LogP contribution in [0.2, 0.25) is 0 Å². The molecule has 0 bridgehead atoms. The summed E-state index contributed by atoms with van der Waals surface area (Å²) < 4.78 is 0. The Labute approximate surface area is 128 Å². The Morgan fingerprint density at radius 2 is 1.82 bits per heavy atom. The van der Waals surface area contributed by atoms with Crippen LogP contribution in [-0.2, 0) is 9.59 Å². The number of carboxylic acid groups (broad SMARTS) is 1. The molecule has 0 saturated carbocycles. The van der Waals surface area contributed by atoms with Crippen LogP contribution in [0.1, 0.15) is 25.3 Å². The molecule has 2 atom stereocenters. The van der Waals surface area contributed by atoms with Crippen LogP contribution in [0.3, 0.4) is 0 Å². The van der Waals surface area contributed by atoms with Crippen molar-refractivity contribution in [1.29, 1.82) is 0 Å². The zero-order valence-corrected chi connectivity index (χ0v) is 12.5. The zero-order valence-electron chi connectivity index (χ0n) is 12.5. The topological polar surface area (TPSA) is 86.6 Å². The number of aliphatic carboxylic acids is 1. The maximum absolute atomic E-state index is 12.1. The van der Waals surface area contributed by atoms with Gasteiger partial charge < -0.3 is 15.5 Å². The van der Waals surface area contributed by atoms with Crippen molar-refractivity contribution in [3.63, 3.8) is 0 Å². The normalized spacial score (nSPS) is 15.0. The van der Waals surface area contributed by atoms with Gasteiger partial charge in [-0.3, -0.25) is 4.79 Å². The van der Waals surface area contributed by atoms with Crippen LogP contribution in [0.25, 0.3) is 10.8 Å². The van der Waals surface area contributed by atoms with Crippen molar-refractivity contribution in [1.82, 2.24) is 5.32 Å². The van der Waals surface area contributed by atoms with Gasteiger partial charge in [-0.05, 0) is 30.2 Å². The Bertz CT molecular complexity index is 709. The summed E-state index contributed by atoms with van der Waals surface area (Å²) in [5.74, 6) is -2.13. The molecule has 1 amide bonds. The molecule has 3 N–H and O–H groups in total. The van der Waals surface area contributed by atoms with Crippen LogP contribution >= 0.6 is 0 Å². The van der Waals surface area contributed by atoms with E-state index in [-0.39, 0.29) is 12.5 Å². The lowest BCUT2D eigenvalue weighted by Gasteiger charge is -2.20. The number of rotatable bonds is 5. The molecule has 116 valence electrons. The Balaban J connectivity index is 2.10. The fourth-order valence-corrected chi connectivity index (χ4v) is 2.12. The zero-order chi connectivity index (χ0) is 16.3. The average Bonchev–Trinajstić information content (AvgIpc) is 2.51. The van der Waals surface area contributed by atoms with E-state index in [9.17, 15) is 14.7 Å². The monoisotopic (exact) mass is 301 g/mol. The summed E-state index contributed by atoms with van der Waals surface area (Å²) in [7, 11) is 0. The lowest BCUT2D eigenvalue weighted by Crippen LogP contribution is -2.47. The molecular weight excluding hydrogens is 282 g/mol. The van der Waals surface area contributed by atoms with Gasteiger partial charge >= 0.3 is 5.97 Å². The van der Waals surface area contributed by atoms with Crippen LogP contribution in [0, 0.1) is 0 Å². The van der Waals surface area contributed by atoms with E-state index in [0.29, 0.717) is 0 Å². The quantitative estimate of drug-likeness (QED) is 0.787. The molecule has 5 nitrogen and oxygen atoms in total. The Morgan fingerprint density at radius 1 is 1.18 bits per heavy atom. The number of hydrogen-bond donors (Lipinski definition) is 3. The molecule has 0 radical (unpaired) electrons. The van der Waals surface area contributed by atoms with Gasteiger partial charge in [0.05, 0.1) is 12.5 Å². The molecule has 0 aliphatic heterocycles. The molecule has 0 aliphatic rings. The summed E-state index contributed by atoms with van der Waals surface area (Å²) in [5, 5.41) is 23.1. The minimum absolute atomic E-state index is 0.322. The molecule has 2 unspecified atom stereocenters. The fourth-order valence-electron chi connectivity index (χ4n) is 2.12. The molecule has 0 fully saturated rings. The van der Waals surface area contributed by atoms with Gasteiger partial charge in [-0.15, -0.1) is 0 Å². The number of carbonyl (C=O) groups excluding carboxylic acids is 1. The van der Waals surface area contributed by atoms with Crippen molar-refractivity contribution in [3.8, 4) is 0 Å². The smallest absolute Gasteiger partial charge is 0.337 e. The standard InChI is InChI=1S/C17H19NO4/c1-11(15(19)18-10-17(2,22)16(20)21)13-8-7-12-5-3-4-6-14(12)9-13/h3-9,11,22H,10H2,1-2H3,(H,18,19)(H,20,21). The Hall–Kier alpha value is -2.40. The first-order valence-electron chi connectivity index (χ1n) is 7.03. The van der Waals surface area contributed by atoms with Gasteiger partial charge in [0.25, 0.3) is 0 Å². The van der Waals surface area contributed by atoms with Crippen LogP contribution in [0.5, 0.6) is 0 Å². The van der Waals surface area contributed by atoms with E-state index < -0.39 is 17.5 Å². The highest BCUT2D eigenvalue weighted by Gasteiger charge is 2.31. The molecule has 0 heterocycles. The van der Waals surface area contributed by atoms with E-state index in [1.165, 1.54) is 0 Å². The van der Waals surface area contributed by atoms with Crippen molar-refractivity contribution in [2.45, 2.75) is 25.4 Å². The SMILES string of the molecule is CC(C(=O)NCC(C)(O)C(=O)O)c1ccc2ccccc2c1. The van der Waals surface area contributed by atoms with E-state index in [2.05, 4.69) is 5.32 Å². The lowest BCUT2D eigenvalue weighted by atomic mass is 9.96. The number of carbonyl (C=O) groups is 2. The Kier molecular flexibility index (Phi) is 4.47.